The second-order valence-corrected chi connectivity index (χ2v) is 3.96. The van der Waals surface area contributed by atoms with Gasteiger partial charge in [-0.3, -0.25) is 4.99 Å². The van der Waals surface area contributed by atoms with E-state index in [2.05, 4.69) is 49.3 Å². The molecule has 97 valence electrons. The quantitative estimate of drug-likeness (QED) is 0.594. The number of allylic oxidation sites excluding steroid dienone is 4. The van der Waals surface area contributed by atoms with E-state index in [4.69, 9.17) is 0 Å². The van der Waals surface area contributed by atoms with Crippen LogP contribution < -0.4 is 5.32 Å². The molecule has 3 heteroatoms. The minimum Gasteiger partial charge on any atom is -0.369 e. The Balaban J connectivity index is 0.00000112. The van der Waals surface area contributed by atoms with E-state index in [-0.39, 0.29) is 7.43 Å². The van der Waals surface area contributed by atoms with Gasteiger partial charge in [0.15, 0.2) is 0 Å². The zero-order valence-electron chi connectivity index (χ0n) is 10.1. The van der Waals surface area contributed by atoms with Crippen LogP contribution in [0, 0.1) is 19.3 Å². The molecule has 1 radical (unpaired) electrons. The van der Waals surface area contributed by atoms with Gasteiger partial charge in [0.25, 0.3) is 0 Å². The van der Waals surface area contributed by atoms with E-state index in [0.29, 0.717) is 5.92 Å². The molecule has 1 aliphatic carbocycles. The minimum absolute atomic E-state index is 0. The van der Waals surface area contributed by atoms with Gasteiger partial charge in [-0.25, -0.2) is 0 Å². The summed E-state index contributed by atoms with van der Waals surface area (Å²) in [5.74, 6) is 1.77. The molecule has 0 fully saturated rings. The molecule has 0 saturated carbocycles. The van der Waals surface area contributed by atoms with Gasteiger partial charge in [-0.15, -0.1) is 29.7 Å². The molecule has 16 heavy (non-hydrogen) atoms. The maximum absolute atomic E-state index is 4.29. The first kappa shape index (κ1) is 13.6. The number of nitrogens with one attached hydrogen (secondary N) is 1. The Bertz CT molecular complexity index is 362. The van der Waals surface area contributed by atoms with E-state index < -0.39 is 0 Å². The molecular weight excluding hydrogens is 446 g/mol. The molecule has 0 saturated heterocycles. The molecule has 2 rings (SSSR count). The van der Waals surface area contributed by atoms with E-state index in [1.165, 1.54) is 17.2 Å². The molecule has 0 spiro atoms. The maximum atomic E-state index is 4.29. The summed E-state index contributed by atoms with van der Waals surface area (Å²) in [7, 11) is 0. The zero-order chi connectivity index (χ0) is 10.1. The monoisotopic (exact) mass is 464 g/mol. The Morgan fingerprint density at radius 3 is 2.62 bits per heavy atom. The third-order valence-electron chi connectivity index (χ3n) is 2.62. The molecule has 2 aliphatic rings. The summed E-state index contributed by atoms with van der Waals surface area (Å²) < 4.78 is 0. The third kappa shape index (κ3) is 2.14. The number of fused-ring (bicyclic) bond motifs is 2. The number of nitrogens with zero attached hydrogens (tertiary/aromatic N) is 1. The largest absolute Gasteiger partial charge is 0.369 e. The van der Waals surface area contributed by atoms with E-state index in [1.807, 2.05) is 0 Å². The molecule has 0 aromatic carbocycles. The number of rotatable bonds is 1. The predicted octanol–water partition coefficient (Wildman–Crippen LogP) is 3.03. The summed E-state index contributed by atoms with van der Waals surface area (Å²) in [6.45, 7) is 6.50. The van der Waals surface area contributed by atoms with Crippen molar-refractivity contribution in [3.63, 3.8) is 0 Å². The van der Waals surface area contributed by atoms with Crippen molar-refractivity contribution >= 4 is 6.34 Å². The van der Waals surface area contributed by atoms with E-state index in [9.17, 15) is 0 Å². The van der Waals surface area contributed by atoms with Crippen LogP contribution in [0.3, 0.4) is 0 Å². The fraction of sp³-hybridized carbons (Fsp3) is 0.308. The minimum atomic E-state index is 0. The average molecular weight is 464 g/mol. The Labute approximate surface area is 92.5 Å². The summed E-state index contributed by atoms with van der Waals surface area (Å²) >= 11 is 0. The normalized spacial score (nSPS) is 17.2. The number of aliphatic imine (C=N–C) groups is 1. The van der Waals surface area contributed by atoms with Crippen LogP contribution in [0.15, 0.2) is 40.2 Å². The van der Waals surface area contributed by atoms with Gasteiger partial charge in [0, 0.05) is 0 Å². The summed E-state index contributed by atoms with van der Waals surface area (Å²) in [5.41, 5.74) is 3.57. The van der Waals surface area contributed by atoms with Gasteiger partial charge in [0.2, 0.25) is 0 Å². The Morgan fingerprint density at radius 1 is 1.31 bits per heavy atom. The van der Waals surface area contributed by atoms with Gasteiger partial charge in [-0.1, -0.05) is 26.5 Å². The molecule has 0 amide bonds. The summed E-state index contributed by atoms with van der Waals surface area (Å²) in [5, 5.41) is 3.18. The van der Waals surface area contributed by atoms with Gasteiger partial charge in [0.1, 0.15) is 0 Å². The molecule has 0 unspecified atom stereocenters. The van der Waals surface area contributed by atoms with E-state index in [0.717, 1.165) is 5.70 Å². The Morgan fingerprint density at radius 2 is 2.00 bits per heavy atom. The summed E-state index contributed by atoms with van der Waals surface area (Å²) in [4.78, 5) is 4.29. The fourth-order valence-electron chi connectivity index (χ4n) is 1.58. The van der Waals surface area contributed by atoms with Crippen molar-refractivity contribution < 1.29 is 0 Å². The second-order valence-electron chi connectivity index (χ2n) is 3.96. The van der Waals surface area contributed by atoms with Crippen LogP contribution >= 0.6 is 0 Å². The van der Waals surface area contributed by atoms with Crippen molar-refractivity contribution in [2.75, 3.05) is 0 Å². The van der Waals surface area contributed by atoms with Crippen LogP contribution in [-0.2, 0) is 0 Å². The van der Waals surface area contributed by atoms with Gasteiger partial charge in [0.05, 0.1) is 6.34 Å². The van der Waals surface area contributed by atoms with Gasteiger partial charge in [-0.05, 0) is 11.6 Å². The van der Waals surface area contributed by atoms with Gasteiger partial charge >= 0.3 is 0 Å². The topological polar surface area (TPSA) is 24.4 Å². The first-order valence-electron chi connectivity index (χ1n) is 4.95. The van der Waals surface area contributed by atoms with Crippen LogP contribution in [0.4, 0.5) is 0 Å². The number of hydrogen-bond acceptors (Lipinski definition) is 2. The smallest absolute Gasteiger partial charge is 0.0887 e. The molecular formula is C13H18LrN2-2. The first-order chi connectivity index (χ1) is 6.68. The standard InChI is InChI=1S/C12H15N2.CH3.Lr/c1-8(2)10-4-5-11-9(3)12(6-10)14-7-13-11;;/h4-8H,1-3H3,(H,13,14);1H3;/q2*-1;. The number of hydrogen-bond donors (Lipinski definition) is 1. The van der Waals surface area contributed by atoms with Crippen molar-refractivity contribution in [2.45, 2.75) is 20.8 Å². The summed E-state index contributed by atoms with van der Waals surface area (Å²) in [6, 6.07) is 0. The SMILES string of the molecule is C[C-]1C2=CC=C(C(C)C)C=C1NC=N2.[CH3-].[Lr]. The van der Waals surface area contributed by atoms with Crippen molar-refractivity contribution in [1.82, 2.24) is 5.32 Å². The fourth-order valence-corrected chi connectivity index (χ4v) is 1.58. The molecule has 1 N–H and O–H groups in total. The zero-order valence-corrected chi connectivity index (χ0v) is 12.2. The van der Waals surface area contributed by atoms with Crippen LogP contribution in [0.25, 0.3) is 0 Å². The molecule has 1 heterocycles. The average Bonchev–Trinajstić information content (AvgIpc) is 2.26. The van der Waals surface area contributed by atoms with Crippen molar-refractivity contribution in [3.8, 4) is 0 Å². The van der Waals surface area contributed by atoms with Crippen molar-refractivity contribution in [3.05, 3.63) is 48.5 Å². The second kappa shape index (κ2) is 4.87. The molecule has 0 atom stereocenters. The predicted molar refractivity (Wildman–Crippen MR) is 66.0 cm³/mol. The maximum Gasteiger partial charge on any atom is 0.0887 e. The first-order valence-corrected chi connectivity index (χ1v) is 4.95. The molecule has 2 bridgehead atoms. The summed E-state index contributed by atoms with van der Waals surface area (Å²) in [6.07, 6.45) is 8.20. The van der Waals surface area contributed by atoms with Gasteiger partial charge in [-0.2, -0.15) is 0 Å². The van der Waals surface area contributed by atoms with Crippen LogP contribution in [0.2, 0.25) is 0 Å². The van der Waals surface area contributed by atoms with Gasteiger partial charge < -0.3 is 12.7 Å². The molecule has 2 nitrogen and oxygen atoms in total. The Hall–Kier alpha value is -2.44. The van der Waals surface area contributed by atoms with Crippen LogP contribution in [0.5, 0.6) is 0 Å². The molecule has 0 aromatic rings. The van der Waals surface area contributed by atoms with E-state index in [1.54, 1.807) is 6.34 Å². The Kier molecular flexibility index (Phi) is 4.13. The molecule has 1 aliphatic heterocycles. The van der Waals surface area contributed by atoms with Crippen LogP contribution in [0.1, 0.15) is 20.8 Å². The van der Waals surface area contributed by atoms with Crippen LogP contribution in [-0.4, -0.2) is 6.34 Å². The van der Waals surface area contributed by atoms with Crippen molar-refractivity contribution in [1.29, 1.82) is 0 Å². The van der Waals surface area contributed by atoms with E-state index >= 15 is 0 Å². The molecule has 0 aromatic heterocycles. The van der Waals surface area contributed by atoms with Crippen molar-refractivity contribution in [2.24, 2.45) is 10.9 Å². The third-order valence-corrected chi connectivity index (χ3v) is 2.62.